The number of rotatable bonds is 5. The Bertz CT molecular complexity index is 663. The van der Waals surface area contributed by atoms with E-state index in [2.05, 4.69) is 51.6 Å². The van der Waals surface area contributed by atoms with Crippen molar-refractivity contribution in [3.63, 3.8) is 0 Å². The highest BCUT2D eigenvalue weighted by Gasteiger charge is 2.11. The SMILES string of the molecule is Cc1cnn(CCNCC2=Cc3cc(Br)ccc3OC2)c1. The van der Waals surface area contributed by atoms with Gasteiger partial charge in [0.2, 0.25) is 0 Å². The fourth-order valence-electron chi connectivity index (χ4n) is 2.33. The van der Waals surface area contributed by atoms with E-state index in [1.54, 1.807) is 0 Å². The number of fused-ring (bicyclic) bond motifs is 1. The lowest BCUT2D eigenvalue weighted by Gasteiger charge is -2.18. The minimum absolute atomic E-state index is 0.655. The summed E-state index contributed by atoms with van der Waals surface area (Å²) in [7, 11) is 0. The Morgan fingerprint density at radius 2 is 2.33 bits per heavy atom. The average Bonchev–Trinajstić information content (AvgIpc) is 2.89. The zero-order valence-corrected chi connectivity index (χ0v) is 13.6. The number of hydrogen-bond acceptors (Lipinski definition) is 3. The van der Waals surface area contributed by atoms with Crippen LogP contribution in [-0.4, -0.2) is 29.5 Å². The van der Waals surface area contributed by atoms with E-state index < -0.39 is 0 Å². The van der Waals surface area contributed by atoms with Crippen molar-refractivity contribution in [2.75, 3.05) is 19.7 Å². The van der Waals surface area contributed by atoms with E-state index in [4.69, 9.17) is 4.74 Å². The second-order valence-corrected chi connectivity index (χ2v) is 6.15. The summed E-state index contributed by atoms with van der Waals surface area (Å²) < 4.78 is 8.80. The Morgan fingerprint density at radius 3 is 3.14 bits per heavy atom. The molecule has 0 unspecified atom stereocenters. The molecule has 5 heteroatoms. The van der Waals surface area contributed by atoms with Crippen LogP contribution >= 0.6 is 15.9 Å². The van der Waals surface area contributed by atoms with E-state index in [-0.39, 0.29) is 0 Å². The van der Waals surface area contributed by atoms with Crippen molar-refractivity contribution < 1.29 is 4.74 Å². The summed E-state index contributed by atoms with van der Waals surface area (Å²) in [6, 6.07) is 6.09. The van der Waals surface area contributed by atoms with Gasteiger partial charge in [0.25, 0.3) is 0 Å². The number of aromatic nitrogens is 2. The average molecular weight is 348 g/mol. The van der Waals surface area contributed by atoms with Gasteiger partial charge in [-0.25, -0.2) is 0 Å². The molecular weight excluding hydrogens is 330 g/mol. The van der Waals surface area contributed by atoms with Crippen molar-refractivity contribution in [2.24, 2.45) is 0 Å². The van der Waals surface area contributed by atoms with E-state index in [9.17, 15) is 0 Å². The second kappa shape index (κ2) is 6.45. The molecular formula is C16H18BrN3O. The van der Waals surface area contributed by atoms with Crippen LogP contribution in [0.3, 0.4) is 0 Å². The molecule has 4 nitrogen and oxygen atoms in total. The summed E-state index contributed by atoms with van der Waals surface area (Å²) in [5.74, 6) is 0.953. The molecule has 0 atom stereocenters. The monoisotopic (exact) mass is 347 g/mol. The largest absolute Gasteiger partial charge is 0.489 e. The standard InChI is InChI=1S/C16H18BrN3O/c1-12-8-19-20(10-12)5-4-18-9-13-6-14-7-15(17)2-3-16(14)21-11-13/h2-3,6-8,10,18H,4-5,9,11H2,1H3. The molecule has 0 aliphatic carbocycles. The van der Waals surface area contributed by atoms with Crippen LogP contribution in [-0.2, 0) is 6.54 Å². The minimum Gasteiger partial charge on any atom is -0.489 e. The number of nitrogens with zero attached hydrogens (tertiary/aromatic N) is 2. The number of halogens is 1. The van der Waals surface area contributed by atoms with Gasteiger partial charge in [-0.15, -0.1) is 0 Å². The van der Waals surface area contributed by atoms with Crippen molar-refractivity contribution in [3.05, 3.63) is 51.8 Å². The van der Waals surface area contributed by atoms with Gasteiger partial charge in [-0.3, -0.25) is 4.68 Å². The predicted molar refractivity (Wildman–Crippen MR) is 87.4 cm³/mol. The molecule has 21 heavy (non-hydrogen) atoms. The molecule has 1 aliphatic rings. The molecule has 0 spiro atoms. The maximum absolute atomic E-state index is 5.76. The van der Waals surface area contributed by atoms with Crippen LogP contribution in [0.1, 0.15) is 11.1 Å². The lowest BCUT2D eigenvalue weighted by atomic mass is 10.1. The highest BCUT2D eigenvalue weighted by atomic mass is 79.9. The lowest BCUT2D eigenvalue weighted by Crippen LogP contribution is -2.25. The Labute approximate surface area is 132 Å². The quantitative estimate of drug-likeness (QED) is 0.845. The van der Waals surface area contributed by atoms with Gasteiger partial charge in [-0.1, -0.05) is 15.9 Å². The molecule has 1 aromatic carbocycles. The van der Waals surface area contributed by atoms with Crippen LogP contribution in [0.4, 0.5) is 0 Å². The first-order valence-electron chi connectivity index (χ1n) is 7.02. The number of hydrogen-bond donors (Lipinski definition) is 1. The molecule has 0 saturated carbocycles. The third-order valence-corrected chi connectivity index (χ3v) is 3.87. The third kappa shape index (κ3) is 3.74. The predicted octanol–water partition coefficient (Wildman–Crippen LogP) is 3.02. The van der Waals surface area contributed by atoms with Crippen molar-refractivity contribution >= 4 is 22.0 Å². The Balaban J connectivity index is 1.52. The van der Waals surface area contributed by atoms with Crippen molar-refractivity contribution in [2.45, 2.75) is 13.5 Å². The molecule has 0 amide bonds. The Morgan fingerprint density at radius 1 is 1.43 bits per heavy atom. The highest BCUT2D eigenvalue weighted by Crippen LogP contribution is 2.28. The van der Waals surface area contributed by atoms with Gasteiger partial charge in [-0.05, 0) is 42.3 Å². The lowest BCUT2D eigenvalue weighted by molar-refractivity contribution is 0.342. The molecule has 0 saturated heterocycles. The molecule has 0 bridgehead atoms. The molecule has 2 heterocycles. The smallest absolute Gasteiger partial charge is 0.127 e. The summed E-state index contributed by atoms with van der Waals surface area (Å²) in [5, 5.41) is 7.71. The first-order chi connectivity index (χ1) is 10.2. The fraction of sp³-hybridized carbons (Fsp3) is 0.312. The van der Waals surface area contributed by atoms with E-state index in [1.165, 1.54) is 11.1 Å². The maximum atomic E-state index is 5.76. The number of ether oxygens (including phenoxy) is 1. The third-order valence-electron chi connectivity index (χ3n) is 3.38. The zero-order valence-electron chi connectivity index (χ0n) is 12.0. The van der Waals surface area contributed by atoms with E-state index in [0.29, 0.717) is 6.61 Å². The molecule has 1 aliphatic heterocycles. The summed E-state index contributed by atoms with van der Waals surface area (Å²) in [6.07, 6.45) is 6.14. The number of aryl methyl sites for hydroxylation is 1. The molecule has 2 aromatic rings. The first-order valence-corrected chi connectivity index (χ1v) is 7.81. The van der Waals surface area contributed by atoms with Gasteiger partial charge < -0.3 is 10.1 Å². The summed E-state index contributed by atoms with van der Waals surface area (Å²) >= 11 is 3.49. The van der Waals surface area contributed by atoms with E-state index in [0.717, 1.165) is 35.4 Å². The number of benzene rings is 1. The van der Waals surface area contributed by atoms with Crippen molar-refractivity contribution in [1.82, 2.24) is 15.1 Å². The number of nitrogens with one attached hydrogen (secondary N) is 1. The zero-order chi connectivity index (χ0) is 14.7. The van der Waals surface area contributed by atoms with E-state index >= 15 is 0 Å². The van der Waals surface area contributed by atoms with Crippen LogP contribution in [0.2, 0.25) is 0 Å². The molecule has 0 radical (unpaired) electrons. The van der Waals surface area contributed by atoms with Crippen LogP contribution in [0.15, 0.2) is 40.6 Å². The second-order valence-electron chi connectivity index (χ2n) is 5.23. The van der Waals surface area contributed by atoms with Crippen molar-refractivity contribution in [3.8, 4) is 5.75 Å². The fourth-order valence-corrected chi connectivity index (χ4v) is 2.71. The van der Waals surface area contributed by atoms with Gasteiger partial charge in [0.1, 0.15) is 12.4 Å². The molecule has 3 rings (SSSR count). The van der Waals surface area contributed by atoms with Gasteiger partial charge in [0, 0.05) is 29.3 Å². The maximum Gasteiger partial charge on any atom is 0.127 e. The van der Waals surface area contributed by atoms with Gasteiger partial charge in [-0.2, -0.15) is 5.10 Å². The molecule has 1 aromatic heterocycles. The Kier molecular flexibility index (Phi) is 4.41. The molecule has 1 N–H and O–H groups in total. The van der Waals surface area contributed by atoms with E-state index in [1.807, 2.05) is 23.0 Å². The van der Waals surface area contributed by atoms with Crippen LogP contribution in [0, 0.1) is 6.92 Å². The first kappa shape index (κ1) is 14.4. The molecule has 0 fully saturated rings. The summed E-state index contributed by atoms with van der Waals surface area (Å²) in [6.45, 7) is 5.32. The Hall–Kier alpha value is -1.59. The van der Waals surface area contributed by atoms with Gasteiger partial charge in [0.05, 0.1) is 12.7 Å². The topological polar surface area (TPSA) is 39.1 Å². The van der Waals surface area contributed by atoms with Gasteiger partial charge >= 0.3 is 0 Å². The van der Waals surface area contributed by atoms with Crippen LogP contribution < -0.4 is 10.1 Å². The van der Waals surface area contributed by atoms with Gasteiger partial charge in [0.15, 0.2) is 0 Å². The normalized spacial score (nSPS) is 13.5. The minimum atomic E-state index is 0.655. The highest BCUT2D eigenvalue weighted by molar-refractivity contribution is 9.10. The molecule has 110 valence electrons. The summed E-state index contributed by atoms with van der Waals surface area (Å²) in [4.78, 5) is 0. The summed E-state index contributed by atoms with van der Waals surface area (Å²) in [5.41, 5.74) is 3.59. The van der Waals surface area contributed by atoms with Crippen molar-refractivity contribution in [1.29, 1.82) is 0 Å². The van der Waals surface area contributed by atoms with Crippen LogP contribution in [0.25, 0.3) is 6.08 Å². The van der Waals surface area contributed by atoms with Crippen LogP contribution in [0.5, 0.6) is 5.75 Å².